The van der Waals surface area contributed by atoms with E-state index in [1.54, 1.807) is 7.11 Å². The van der Waals surface area contributed by atoms with Gasteiger partial charge in [-0.2, -0.15) is 0 Å². The molecule has 0 saturated carbocycles. The van der Waals surface area contributed by atoms with Gasteiger partial charge in [0, 0.05) is 33.3 Å². The first-order valence-electron chi connectivity index (χ1n) is 8.72. The maximum Gasteiger partial charge on any atom is 0.321 e. The Labute approximate surface area is 149 Å². The number of nitrogens with one attached hydrogen (secondary N) is 2. The van der Waals surface area contributed by atoms with Crippen molar-refractivity contribution in [2.45, 2.75) is 13.0 Å². The molecule has 25 heavy (non-hydrogen) atoms. The van der Waals surface area contributed by atoms with Crippen LogP contribution in [0.3, 0.4) is 0 Å². The maximum atomic E-state index is 12.0. The molecule has 0 atom stereocenters. The molecule has 7 heteroatoms. The topological polar surface area (TPSA) is 73.9 Å². The van der Waals surface area contributed by atoms with Crippen LogP contribution in [-0.2, 0) is 16.1 Å². The van der Waals surface area contributed by atoms with Gasteiger partial charge in [0.15, 0.2) is 0 Å². The van der Waals surface area contributed by atoms with Gasteiger partial charge in [0.05, 0.1) is 13.2 Å². The van der Waals surface area contributed by atoms with Gasteiger partial charge < -0.3 is 10.1 Å². The molecule has 0 spiro atoms. The molecular formula is C18H28N4O3. The van der Waals surface area contributed by atoms with Gasteiger partial charge in [0.2, 0.25) is 5.91 Å². The van der Waals surface area contributed by atoms with Crippen LogP contribution in [-0.4, -0.2) is 74.7 Å². The highest BCUT2D eigenvalue weighted by Crippen LogP contribution is 2.08. The zero-order valence-corrected chi connectivity index (χ0v) is 14.9. The molecule has 1 aromatic rings. The molecule has 0 bridgehead atoms. The summed E-state index contributed by atoms with van der Waals surface area (Å²) >= 11 is 0. The average molecular weight is 348 g/mol. The van der Waals surface area contributed by atoms with Crippen molar-refractivity contribution in [1.82, 2.24) is 20.4 Å². The second-order valence-corrected chi connectivity index (χ2v) is 6.19. The van der Waals surface area contributed by atoms with E-state index in [-0.39, 0.29) is 12.5 Å². The van der Waals surface area contributed by atoms with E-state index in [4.69, 9.17) is 4.74 Å². The number of benzene rings is 1. The summed E-state index contributed by atoms with van der Waals surface area (Å²) in [6, 6.07) is 9.94. The molecule has 0 aromatic heterocycles. The van der Waals surface area contributed by atoms with Crippen LogP contribution in [0.2, 0.25) is 0 Å². The summed E-state index contributed by atoms with van der Waals surface area (Å²) in [7, 11) is 1.56. The summed E-state index contributed by atoms with van der Waals surface area (Å²) in [4.78, 5) is 28.1. The van der Waals surface area contributed by atoms with Gasteiger partial charge in [-0.05, 0) is 25.1 Å². The minimum atomic E-state index is -0.470. The van der Waals surface area contributed by atoms with E-state index < -0.39 is 6.03 Å². The van der Waals surface area contributed by atoms with Crippen molar-refractivity contribution >= 4 is 11.9 Å². The van der Waals surface area contributed by atoms with Crippen LogP contribution in [0.4, 0.5) is 4.79 Å². The summed E-state index contributed by atoms with van der Waals surface area (Å²) in [5.41, 5.74) is 1.31. The maximum absolute atomic E-state index is 12.0. The number of ether oxygens (including phenoxy) is 1. The first-order valence-corrected chi connectivity index (χ1v) is 8.72. The molecule has 1 fully saturated rings. The lowest BCUT2D eigenvalue weighted by Gasteiger charge is -2.21. The lowest BCUT2D eigenvalue weighted by molar-refractivity contribution is -0.121. The van der Waals surface area contributed by atoms with Crippen LogP contribution in [0.5, 0.6) is 0 Å². The number of amides is 3. The zero-order valence-electron chi connectivity index (χ0n) is 14.9. The van der Waals surface area contributed by atoms with Crippen molar-refractivity contribution in [3.8, 4) is 0 Å². The average Bonchev–Trinajstić information content (AvgIpc) is 2.81. The van der Waals surface area contributed by atoms with E-state index in [2.05, 4.69) is 44.7 Å². The molecule has 0 aliphatic carbocycles. The van der Waals surface area contributed by atoms with Crippen LogP contribution in [0, 0.1) is 0 Å². The number of urea groups is 1. The third-order valence-electron chi connectivity index (χ3n) is 4.14. The van der Waals surface area contributed by atoms with E-state index in [1.165, 1.54) is 5.56 Å². The Hall–Kier alpha value is -1.96. The van der Waals surface area contributed by atoms with Gasteiger partial charge in [-0.15, -0.1) is 0 Å². The number of hydrogen-bond donors (Lipinski definition) is 2. The second-order valence-electron chi connectivity index (χ2n) is 6.19. The molecule has 3 amide bonds. The second kappa shape index (κ2) is 10.8. The van der Waals surface area contributed by atoms with E-state index in [9.17, 15) is 9.59 Å². The normalized spacial score (nSPS) is 16.2. The molecule has 2 rings (SSSR count). The molecular weight excluding hydrogens is 320 g/mol. The van der Waals surface area contributed by atoms with Crippen molar-refractivity contribution in [3.63, 3.8) is 0 Å². The van der Waals surface area contributed by atoms with Gasteiger partial charge >= 0.3 is 6.03 Å². The first-order chi connectivity index (χ1) is 12.2. The third-order valence-corrected chi connectivity index (χ3v) is 4.14. The number of hydrogen-bond acceptors (Lipinski definition) is 5. The van der Waals surface area contributed by atoms with E-state index in [1.807, 2.05) is 6.07 Å². The van der Waals surface area contributed by atoms with Crippen molar-refractivity contribution in [2.24, 2.45) is 0 Å². The zero-order chi connectivity index (χ0) is 17.9. The molecule has 1 aromatic carbocycles. The Morgan fingerprint density at radius 2 is 1.80 bits per heavy atom. The molecule has 138 valence electrons. The number of methoxy groups -OCH3 is 1. The number of carbonyl (C=O) groups is 2. The van der Waals surface area contributed by atoms with Crippen LogP contribution in [0.15, 0.2) is 30.3 Å². The SMILES string of the molecule is COCCNC(=O)NC(=O)CN1CCCN(Cc2ccccc2)CC1. The van der Waals surface area contributed by atoms with E-state index in [0.29, 0.717) is 13.2 Å². The Morgan fingerprint density at radius 1 is 1.08 bits per heavy atom. The van der Waals surface area contributed by atoms with Crippen LogP contribution < -0.4 is 10.6 Å². The summed E-state index contributed by atoms with van der Waals surface area (Å²) in [5.74, 6) is -0.272. The highest BCUT2D eigenvalue weighted by Gasteiger charge is 2.18. The molecule has 2 N–H and O–H groups in total. The minimum Gasteiger partial charge on any atom is -0.383 e. The van der Waals surface area contributed by atoms with Gasteiger partial charge in [0.25, 0.3) is 0 Å². The van der Waals surface area contributed by atoms with Gasteiger partial charge in [0.1, 0.15) is 0 Å². The van der Waals surface area contributed by atoms with E-state index >= 15 is 0 Å². The van der Waals surface area contributed by atoms with Gasteiger partial charge in [-0.1, -0.05) is 30.3 Å². The Balaban J connectivity index is 1.69. The third kappa shape index (κ3) is 7.64. The number of rotatable bonds is 7. The standard InChI is InChI=1S/C18H28N4O3/c1-25-13-8-19-18(24)20-17(23)15-22-10-5-9-21(11-12-22)14-16-6-3-2-4-7-16/h2-4,6-7H,5,8-15H2,1H3,(H2,19,20,23,24). The molecule has 1 saturated heterocycles. The monoisotopic (exact) mass is 348 g/mol. The first kappa shape index (κ1) is 19.4. The molecule has 1 aliphatic rings. The molecule has 7 nitrogen and oxygen atoms in total. The highest BCUT2D eigenvalue weighted by molar-refractivity contribution is 5.95. The number of nitrogens with zero attached hydrogens (tertiary/aromatic N) is 2. The minimum absolute atomic E-state index is 0.247. The Morgan fingerprint density at radius 3 is 2.56 bits per heavy atom. The summed E-state index contributed by atoms with van der Waals surface area (Å²) in [6.07, 6.45) is 1.01. The number of carbonyl (C=O) groups excluding carboxylic acids is 2. The summed E-state index contributed by atoms with van der Waals surface area (Å²) in [5, 5.41) is 4.93. The summed E-state index contributed by atoms with van der Waals surface area (Å²) in [6.45, 7) is 5.61. The predicted molar refractivity (Wildman–Crippen MR) is 96.2 cm³/mol. The summed E-state index contributed by atoms with van der Waals surface area (Å²) < 4.78 is 4.84. The Kier molecular flexibility index (Phi) is 8.38. The molecule has 1 aliphatic heterocycles. The van der Waals surface area contributed by atoms with Crippen molar-refractivity contribution in [2.75, 3.05) is 53.0 Å². The highest BCUT2D eigenvalue weighted by atomic mass is 16.5. The predicted octanol–water partition coefficient (Wildman–Crippen LogP) is 0.667. The largest absolute Gasteiger partial charge is 0.383 e. The smallest absolute Gasteiger partial charge is 0.321 e. The van der Waals surface area contributed by atoms with E-state index in [0.717, 1.165) is 39.1 Å². The lowest BCUT2D eigenvalue weighted by Crippen LogP contribution is -2.45. The van der Waals surface area contributed by atoms with Crippen molar-refractivity contribution < 1.29 is 14.3 Å². The van der Waals surface area contributed by atoms with Gasteiger partial charge in [-0.25, -0.2) is 4.79 Å². The Bertz CT molecular complexity index is 538. The quantitative estimate of drug-likeness (QED) is 0.709. The lowest BCUT2D eigenvalue weighted by atomic mass is 10.2. The van der Waals surface area contributed by atoms with Gasteiger partial charge in [-0.3, -0.25) is 19.9 Å². The fourth-order valence-corrected chi connectivity index (χ4v) is 2.86. The van der Waals surface area contributed by atoms with Crippen molar-refractivity contribution in [3.05, 3.63) is 35.9 Å². The van der Waals surface area contributed by atoms with Crippen LogP contribution in [0.1, 0.15) is 12.0 Å². The fourth-order valence-electron chi connectivity index (χ4n) is 2.86. The molecule has 0 unspecified atom stereocenters. The fraction of sp³-hybridized carbons (Fsp3) is 0.556. The van der Waals surface area contributed by atoms with Crippen LogP contribution in [0.25, 0.3) is 0 Å². The van der Waals surface area contributed by atoms with Crippen molar-refractivity contribution in [1.29, 1.82) is 0 Å². The van der Waals surface area contributed by atoms with Crippen LogP contribution >= 0.6 is 0 Å². The molecule has 0 radical (unpaired) electrons. The number of imide groups is 1. The molecule has 1 heterocycles.